The predicted molar refractivity (Wildman–Crippen MR) is 76.0 cm³/mol. The van der Waals surface area contributed by atoms with Crippen LogP contribution >= 0.6 is 0 Å². The molecule has 3 N–H and O–H groups in total. The lowest BCUT2D eigenvalue weighted by molar-refractivity contribution is 0.0840. The maximum absolute atomic E-state index is 13.1. The highest BCUT2D eigenvalue weighted by molar-refractivity contribution is 5.24. The van der Waals surface area contributed by atoms with E-state index in [1.54, 1.807) is 0 Å². The van der Waals surface area contributed by atoms with E-state index in [4.69, 9.17) is 5.84 Å². The van der Waals surface area contributed by atoms with Crippen molar-refractivity contribution in [3.63, 3.8) is 0 Å². The van der Waals surface area contributed by atoms with Crippen molar-refractivity contribution in [2.45, 2.75) is 44.7 Å². The number of halogens is 1. The summed E-state index contributed by atoms with van der Waals surface area (Å²) in [4.78, 5) is 2.50. The molecule has 1 aliphatic rings. The predicted octanol–water partition coefficient (Wildman–Crippen LogP) is 2.59. The van der Waals surface area contributed by atoms with Gasteiger partial charge in [0.2, 0.25) is 0 Å². The van der Waals surface area contributed by atoms with Crippen LogP contribution in [0.5, 0.6) is 0 Å². The zero-order valence-electron chi connectivity index (χ0n) is 11.8. The molecule has 0 amide bonds. The second kappa shape index (κ2) is 5.99. The molecule has 19 heavy (non-hydrogen) atoms. The van der Waals surface area contributed by atoms with Gasteiger partial charge in [-0.3, -0.25) is 16.2 Å². The molecular formula is C15H24FN3. The Labute approximate surface area is 114 Å². The molecule has 2 atom stereocenters. The summed E-state index contributed by atoms with van der Waals surface area (Å²) in [6, 6.07) is 6.66. The molecule has 0 saturated carbocycles. The standard InChI is InChI=1S/C15H24FN3/c1-3-15(2,19-10-4-5-11-19)14(18-17)12-6-8-13(16)9-7-12/h6-9,14,18H,3-5,10-11,17H2,1-2H3. The number of likely N-dealkylation sites (tertiary alicyclic amines) is 1. The second-order valence-electron chi connectivity index (χ2n) is 5.56. The minimum absolute atomic E-state index is 0.0104. The molecular weight excluding hydrogens is 241 g/mol. The summed E-state index contributed by atoms with van der Waals surface area (Å²) in [6.07, 6.45) is 3.49. The smallest absolute Gasteiger partial charge is 0.123 e. The summed E-state index contributed by atoms with van der Waals surface area (Å²) in [6.45, 7) is 6.66. The molecule has 4 heteroatoms. The first-order valence-corrected chi connectivity index (χ1v) is 7.08. The fourth-order valence-electron chi connectivity index (χ4n) is 3.13. The maximum atomic E-state index is 13.1. The van der Waals surface area contributed by atoms with Gasteiger partial charge in [-0.25, -0.2) is 4.39 Å². The van der Waals surface area contributed by atoms with Crippen LogP contribution in [0.25, 0.3) is 0 Å². The quantitative estimate of drug-likeness (QED) is 0.635. The number of nitrogens with two attached hydrogens (primary N) is 1. The van der Waals surface area contributed by atoms with Crippen LogP contribution in [0.4, 0.5) is 4.39 Å². The van der Waals surface area contributed by atoms with Crippen molar-refractivity contribution in [2.75, 3.05) is 13.1 Å². The summed E-state index contributed by atoms with van der Waals surface area (Å²) in [5, 5.41) is 0. The fourth-order valence-corrected chi connectivity index (χ4v) is 3.13. The molecule has 0 bridgehead atoms. The van der Waals surface area contributed by atoms with E-state index in [9.17, 15) is 4.39 Å². The Bertz CT molecular complexity index is 400. The van der Waals surface area contributed by atoms with E-state index in [2.05, 4.69) is 24.2 Å². The topological polar surface area (TPSA) is 41.3 Å². The highest BCUT2D eigenvalue weighted by atomic mass is 19.1. The first-order valence-electron chi connectivity index (χ1n) is 7.08. The molecule has 1 aromatic rings. The highest BCUT2D eigenvalue weighted by Gasteiger charge is 2.39. The third-order valence-electron chi connectivity index (χ3n) is 4.54. The summed E-state index contributed by atoms with van der Waals surface area (Å²) in [7, 11) is 0. The van der Waals surface area contributed by atoms with Gasteiger partial charge >= 0.3 is 0 Å². The van der Waals surface area contributed by atoms with Crippen LogP contribution in [0.15, 0.2) is 24.3 Å². The van der Waals surface area contributed by atoms with Crippen LogP contribution < -0.4 is 11.3 Å². The van der Waals surface area contributed by atoms with Gasteiger partial charge in [-0.1, -0.05) is 19.1 Å². The normalized spacial score (nSPS) is 21.3. The van der Waals surface area contributed by atoms with E-state index >= 15 is 0 Å². The number of hydrogen-bond donors (Lipinski definition) is 2. The van der Waals surface area contributed by atoms with E-state index in [1.165, 1.54) is 25.0 Å². The molecule has 1 saturated heterocycles. The van der Waals surface area contributed by atoms with E-state index in [0.29, 0.717) is 0 Å². The highest BCUT2D eigenvalue weighted by Crippen LogP contribution is 2.36. The SMILES string of the molecule is CCC(C)(C(NN)c1ccc(F)cc1)N1CCCC1. The van der Waals surface area contributed by atoms with Crippen molar-refractivity contribution in [1.82, 2.24) is 10.3 Å². The third kappa shape index (κ3) is 2.81. The fraction of sp³-hybridized carbons (Fsp3) is 0.600. The first-order chi connectivity index (χ1) is 9.11. The van der Waals surface area contributed by atoms with Gasteiger partial charge in [0.25, 0.3) is 0 Å². The Morgan fingerprint density at radius 3 is 2.37 bits per heavy atom. The lowest BCUT2D eigenvalue weighted by Gasteiger charge is -2.44. The van der Waals surface area contributed by atoms with Crippen LogP contribution in [-0.2, 0) is 0 Å². The number of nitrogens with one attached hydrogen (secondary N) is 1. The summed E-state index contributed by atoms with van der Waals surface area (Å²) >= 11 is 0. The largest absolute Gasteiger partial charge is 0.296 e. The Hall–Kier alpha value is -0.970. The average Bonchev–Trinajstić information content (AvgIpc) is 2.96. The zero-order chi connectivity index (χ0) is 13.9. The van der Waals surface area contributed by atoms with E-state index in [1.807, 2.05) is 12.1 Å². The zero-order valence-corrected chi connectivity index (χ0v) is 11.8. The summed E-state index contributed by atoms with van der Waals surface area (Å²) < 4.78 is 13.1. The van der Waals surface area contributed by atoms with Gasteiger partial charge in [0.05, 0.1) is 6.04 Å². The second-order valence-corrected chi connectivity index (χ2v) is 5.56. The number of nitrogens with zero attached hydrogens (tertiary/aromatic N) is 1. The van der Waals surface area contributed by atoms with Crippen LogP contribution in [-0.4, -0.2) is 23.5 Å². The summed E-state index contributed by atoms with van der Waals surface area (Å²) in [5.74, 6) is 5.59. The molecule has 0 spiro atoms. The molecule has 1 aliphatic heterocycles. The lowest BCUT2D eigenvalue weighted by atomic mass is 9.83. The average molecular weight is 265 g/mol. The van der Waals surface area contributed by atoms with Crippen molar-refractivity contribution in [3.05, 3.63) is 35.6 Å². The number of benzene rings is 1. The van der Waals surface area contributed by atoms with Crippen molar-refractivity contribution < 1.29 is 4.39 Å². The van der Waals surface area contributed by atoms with Gasteiger partial charge in [0.1, 0.15) is 5.82 Å². The molecule has 1 fully saturated rings. The number of hydrogen-bond acceptors (Lipinski definition) is 3. The van der Waals surface area contributed by atoms with Gasteiger partial charge < -0.3 is 0 Å². The molecule has 106 valence electrons. The Kier molecular flexibility index (Phi) is 4.55. The Morgan fingerprint density at radius 2 is 1.89 bits per heavy atom. The van der Waals surface area contributed by atoms with Gasteiger partial charge in [0, 0.05) is 5.54 Å². The van der Waals surface area contributed by atoms with Crippen LogP contribution in [0, 0.1) is 5.82 Å². The Balaban J connectivity index is 2.29. The first kappa shape index (κ1) is 14.4. The number of rotatable bonds is 5. The third-order valence-corrected chi connectivity index (χ3v) is 4.54. The van der Waals surface area contributed by atoms with E-state index < -0.39 is 0 Å². The molecule has 2 unspecified atom stereocenters. The minimum atomic E-state index is -0.209. The summed E-state index contributed by atoms with van der Waals surface area (Å²) in [5.41, 5.74) is 3.95. The number of hydrazine groups is 1. The van der Waals surface area contributed by atoms with Gasteiger partial charge in [-0.2, -0.15) is 0 Å². The van der Waals surface area contributed by atoms with E-state index in [-0.39, 0.29) is 17.4 Å². The minimum Gasteiger partial charge on any atom is -0.296 e. The van der Waals surface area contributed by atoms with Crippen molar-refractivity contribution in [2.24, 2.45) is 5.84 Å². The van der Waals surface area contributed by atoms with Gasteiger partial charge in [-0.15, -0.1) is 0 Å². The van der Waals surface area contributed by atoms with Gasteiger partial charge in [-0.05, 0) is 57.0 Å². The Morgan fingerprint density at radius 1 is 1.32 bits per heavy atom. The van der Waals surface area contributed by atoms with Crippen LogP contribution in [0.3, 0.4) is 0 Å². The molecule has 2 rings (SSSR count). The van der Waals surface area contributed by atoms with Crippen molar-refractivity contribution in [1.29, 1.82) is 0 Å². The lowest BCUT2D eigenvalue weighted by Crippen LogP contribution is -2.54. The monoisotopic (exact) mass is 265 g/mol. The molecule has 0 radical (unpaired) electrons. The van der Waals surface area contributed by atoms with E-state index in [0.717, 1.165) is 25.1 Å². The van der Waals surface area contributed by atoms with Crippen LogP contribution in [0.1, 0.15) is 44.7 Å². The van der Waals surface area contributed by atoms with Crippen molar-refractivity contribution in [3.8, 4) is 0 Å². The molecule has 1 heterocycles. The van der Waals surface area contributed by atoms with Gasteiger partial charge in [0.15, 0.2) is 0 Å². The molecule has 0 aliphatic carbocycles. The maximum Gasteiger partial charge on any atom is 0.123 e. The van der Waals surface area contributed by atoms with Crippen molar-refractivity contribution >= 4 is 0 Å². The molecule has 0 aromatic heterocycles. The van der Waals surface area contributed by atoms with Crippen LogP contribution in [0.2, 0.25) is 0 Å². The molecule has 1 aromatic carbocycles. The molecule has 3 nitrogen and oxygen atoms in total.